The van der Waals surface area contributed by atoms with Crippen molar-refractivity contribution in [3.05, 3.63) is 0 Å². The van der Waals surface area contributed by atoms with E-state index in [0.29, 0.717) is 0 Å². The molecule has 0 amide bonds. The van der Waals surface area contributed by atoms with Crippen LogP contribution in [-0.4, -0.2) is 106 Å². The summed E-state index contributed by atoms with van der Waals surface area (Å²) in [6, 6.07) is 2.42. The molecule has 16 heteroatoms. The first-order valence-electron chi connectivity index (χ1n) is 9.79. The number of carboxylic acids is 2. The highest BCUT2D eigenvalue weighted by Crippen LogP contribution is 1.92. The number of carbonyl (C=O) groups excluding carboxylic acids is 4. The van der Waals surface area contributed by atoms with E-state index in [1.165, 1.54) is 42.0 Å². The Morgan fingerprint density at radius 1 is 0.676 bits per heavy atom. The number of carbonyl (C=O) groups is 6. The molecule has 0 heterocycles. The van der Waals surface area contributed by atoms with Crippen LogP contribution in [0.4, 0.5) is 0 Å². The molecule has 212 valence electrons. The molecule has 0 unspecified atom stereocenters. The standard InChI is InChI=1S/C9H16N4O4.C5H8O2.C3H6N2.C3H4O4.CH4/c1-10-8(11-2)16-6(14)5-7(15)17-9(12-3)13-4;1-4(6)3-5(2)7;1-4-3-5-2;4-2(5)1-3(6)7;/h5H2,1-4H3,(H,10,11)(H,12,13);3H2,1-2H3;1-2H3;1H2,(H,4,5)(H,6,7);1H4. The number of hydrogen-bond donors (Lipinski definition) is 4. The lowest BCUT2D eigenvalue weighted by atomic mass is 10.2. The van der Waals surface area contributed by atoms with Crippen LogP contribution in [0.15, 0.2) is 20.0 Å². The predicted molar refractivity (Wildman–Crippen MR) is 136 cm³/mol. The Morgan fingerprint density at radius 3 is 1.11 bits per heavy atom. The number of aliphatic imine (C=N–C) groups is 4. The number of hydrogen-bond acceptors (Lipinski definition) is 12. The van der Waals surface area contributed by atoms with Crippen molar-refractivity contribution in [3.63, 3.8) is 0 Å². The summed E-state index contributed by atoms with van der Waals surface area (Å²) in [5.74, 6) is -4.28. The van der Waals surface area contributed by atoms with E-state index < -0.39 is 36.7 Å². The van der Waals surface area contributed by atoms with E-state index in [-0.39, 0.29) is 37.5 Å². The van der Waals surface area contributed by atoms with Crippen LogP contribution in [0.1, 0.15) is 40.5 Å². The molecule has 0 bridgehead atoms. The van der Waals surface area contributed by atoms with Gasteiger partial charge in [-0.05, 0) is 13.8 Å². The highest BCUT2D eigenvalue weighted by atomic mass is 16.6. The zero-order chi connectivity index (χ0) is 29.1. The molecule has 0 fully saturated rings. The summed E-state index contributed by atoms with van der Waals surface area (Å²) in [5.41, 5.74) is 0. The Labute approximate surface area is 216 Å². The minimum Gasteiger partial charge on any atom is -0.481 e. The Kier molecular flexibility index (Phi) is 34.1. The van der Waals surface area contributed by atoms with Gasteiger partial charge in [-0.1, -0.05) is 7.43 Å². The fraction of sp³-hybridized carbons (Fsp3) is 0.571. The molecule has 0 rings (SSSR count). The van der Waals surface area contributed by atoms with Gasteiger partial charge in [0.05, 0.1) is 12.4 Å². The zero-order valence-electron chi connectivity index (χ0n) is 21.6. The number of rotatable bonds is 6. The molecule has 0 spiro atoms. The third-order valence-electron chi connectivity index (χ3n) is 2.54. The Balaban J connectivity index is -0.000000141. The molecule has 0 aromatic heterocycles. The summed E-state index contributed by atoms with van der Waals surface area (Å²) in [7, 11) is 9.23. The van der Waals surface area contributed by atoms with Gasteiger partial charge in [0.25, 0.3) is 12.0 Å². The lowest BCUT2D eigenvalue weighted by Gasteiger charge is -2.06. The number of carboxylic acid groups (broad SMARTS) is 2. The summed E-state index contributed by atoms with van der Waals surface area (Å²) in [4.78, 5) is 75.5. The lowest BCUT2D eigenvalue weighted by Crippen LogP contribution is -2.29. The van der Waals surface area contributed by atoms with Gasteiger partial charge in [0.15, 0.2) is 0 Å². The molecule has 0 aliphatic heterocycles. The first-order valence-corrected chi connectivity index (χ1v) is 9.79. The van der Waals surface area contributed by atoms with Gasteiger partial charge in [0, 0.05) is 42.3 Å². The van der Waals surface area contributed by atoms with Crippen LogP contribution in [0, 0.1) is 0 Å². The largest absolute Gasteiger partial charge is 0.481 e. The quantitative estimate of drug-likeness (QED) is 0.153. The van der Waals surface area contributed by atoms with E-state index in [0.717, 1.165) is 0 Å². The minimum atomic E-state index is -1.31. The van der Waals surface area contributed by atoms with Gasteiger partial charge in [-0.15, -0.1) is 0 Å². The molecule has 0 aromatic rings. The maximum absolute atomic E-state index is 11.2. The van der Waals surface area contributed by atoms with Crippen molar-refractivity contribution in [2.45, 2.75) is 40.5 Å². The number of Topliss-reactive ketones (excluding diaryl/α,β-unsaturated/α-hetero) is 2. The molecule has 0 saturated heterocycles. The average molecular weight is 535 g/mol. The number of aliphatic carboxylic acids is 2. The number of nitrogens with zero attached hydrogens (tertiary/aromatic N) is 4. The van der Waals surface area contributed by atoms with E-state index in [9.17, 15) is 28.8 Å². The highest BCUT2D eigenvalue weighted by Gasteiger charge is 2.16. The van der Waals surface area contributed by atoms with Crippen LogP contribution in [-0.2, 0) is 38.2 Å². The van der Waals surface area contributed by atoms with Crippen LogP contribution in [0.3, 0.4) is 0 Å². The van der Waals surface area contributed by atoms with Crippen LogP contribution in [0.5, 0.6) is 0 Å². The fourth-order valence-corrected chi connectivity index (χ4v) is 1.40. The average Bonchev–Trinajstić information content (AvgIpc) is 2.75. The second-order valence-electron chi connectivity index (χ2n) is 5.77. The van der Waals surface area contributed by atoms with Crippen molar-refractivity contribution >= 4 is 53.5 Å². The van der Waals surface area contributed by atoms with Gasteiger partial charge in [-0.3, -0.25) is 28.8 Å². The molecule has 0 saturated carbocycles. The third-order valence-corrected chi connectivity index (χ3v) is 2.54. The number of ether oxygens (including phenoxy) is 2. The van der Waals surface area contributed by atoms with Crippen molar-refractivity contribution in [1.29, 1.82) is 0 Å². The lowest BCUT2D eigenvalue weighted by molar-refractivity contribution is -0.148. The molecule has 4 N–H and O–H groups in total. The number of esters is 2. The monoisotopic (exact) mass is 534 g/mol. The topological polar surface area (TPSA) is 235 Å². The first kappa shape index (κ1) is 42.7. The normalized spacial score (nSPS) is 9.19. The van der Waals surface area contributed by atoms with E-state index in [2.05, 4.69) is 36.6 Å². The zero-order valence-corrected chi connectivity index (χ0v) is 21.6. The first-order chi connectivity index (χ1) is 16.7. The second kappa shape index (κ2) is 29.6. The molecule has 16 nitrogen and oxygen atoms in total. The number of nitrogens with one attached hydrogen (secondary N) is 2. The molecular weight excluding hydrogens is 496 g/mol. The van der Waals surface area contributed by atoms with Gasteiger partial charge < -0.3 is 30.3 Å². The molecule has 0 aliphatic carbocycles. The van der Waals surface area contributed by atoms with Crippen LogP contribution in [0.25, 0.3) is 0 Å². The number of ketones is 2. The van der Waals surface area contributed by atoms with Gasteiger partial charge >= 0.3 is 23.9 Å². The molecule has 37 heavy (non-hydrogen) atoms. The molecule has 0 radical (unpaired) electrons. The Hall–Kier alpha value is -4.46. The summed E-state index contributed by atoms with van der Waals surface area (Å²) < 4.78 is 9.41. The van der Waals surface area contributed by atoms with Crippen molar-refractivity contribution in [2.75, 3.05) is 42.3 Å². The van der Waals surface area contributed by atoms with E-state index >= 15 is 0 Å². The third kappa shape index (κ3) is 42.2. The molecule has 0 aliphatic rings. The summed E-state index contributed by atoms with van der Waals surface area (Å²) >= 11 is 0. The summed E-state index contributed by atoms with van der Waals surface area (Å²) in [6.07, 6.45) is -1.25. The van der Waals surface area contributed by atoms with E-state index in [1.807, 2.05) is 0 Å². The van der Waals surface area contributed by atoms with Crippen molar-refractivity contribution < 1.29 is 48.5 Å². The Bertz CT molecular complexity index is 759. The van der Waals surface area contributed by atoms with Gasteiger partial charge in [0.1, 0.15) is 24.4 Å². The van der Waals surface area contributed by atoms with Crippen molar-refractivity contribution in [3.8, 4) is 0 Å². The maximum atomic E-state index is 11.2. The number of amidine groups is 2. The predicted octanol–water partition coefficient (Wildman–Crippen LogP) is 0.0295. The van der Waals surface area contributed by atoms with Crippen LogP contribution >= 0.6 is 0 Å². The highest BCUT2D eigenvalue weighted by molar-refractivity contribution is 6.00. The molecule has 0 aromatic carbocycles. The van der Waals surface area contributed by atoms with E-state index in [1.54, 1.807) is 14.1 Å². The Morgan fingerprint density at radius 2 is 1.00 bits per heavy atom. The summed E-state index contributed by atoms with van der Waals surface area (Å²) in [6.45, 7) is 2.81. The van der Waals surface area contributed by atoms with Gasteiger partial charge in [-0.25, -0.2) is 20.0 Å². The summed E-state index contributed by atoms with van der Waals surface area (Å²) in [5, 5.41) is 20.5. The van der Waals surface area contributed by atoms with Crippen molar-refractivity contribution in [2.24, 2.45) is 20.0 Å². The minimum absolute atomic E-state index is 0. The smallest absolute Gasteiger partial charge is 0.324 e. The molecule has 0 atom stereocenters. The van der Waals surface area contributed by atoms with Crippen LogP contribution < -0.4 is 10.6 Å². The molecular formula is C21H38N6O10. The second-order valence-corrected chi connectivity index (χ2v) is 5.77. The van der Waals surface area contributed by atoms with Gasteiger partial charge in [0.2, 0.25) is 0 Å². The van der Waals surface area contributed by atoms with E-state index in [4.69, 9.17) is 19.7 Å². The van der Waals surface area contributed by atoms with Crippen LogP contribution in [0.2, 0.25) is 0 Å². The fourth-order valence-electron chi connectivity index (χ4n) is 1.40. The maximum Gasteiger partial charge on any atom is 0.324 e. The van der Waals surface area contributed by atoms with Crippen molar-refractivity contribution in [1.82, 2.24) is 10.6 Å². The van der Waals surface area contributed by atoms with Gasteiger partial charge in [-0.2, -0.15) is 0 Å². The SMILES string of the molecule is C.CC(=O)CC(C)=O.CN=C(NC)OC(=O)CC(=O)OC(=NC)NC.CN=C=NC.O=C(O)CC(=O)O.